The van der Waals surface area contributed by atoms with Crippen molar-refractivity contribution in [1.82, 2.24) is 14.5 Å². The van der Waals surface area contributed by atoms with Crippen LogP contribution in [0.25, 0.3) is 0 Å². The minimum absolute atomic E-state index is 0.674. The van der Waals surface area contributed by atoms with Crippen molar-refractivity contribution in [3.05, 3.63) is 54.1 Å². The molecule has 4 heteroatoms. The predicted octanol–water partition coefficient (Wildman–Crippen LogP) is 1.86. The van der Waals surface area contributed by atoms with Gasteiger partial charge in [0.2, 0.25) is 0 Å². The summed E-state index contributed by atoms with van der Waals surface area (Å²) >= 11 is 0. The van der Waals surface area contributed by atoms with Gasteiger partial charge in [-0.15, -0.1) is 0 Å². The minimum Gasteiger partial charge on any atom is -0.334 e. The van der Waals surface area contributed by atoms with E-state index in [1.807, 2.05) is 18.6 Å². The van der Waals surface area contributed by atoms with E-state index in [0.717, 1.165) is 26.2 Å². The van der Waals surface area contributed by atoms with Crippen molar-refractivity contribution in [2.45, 2.75) is 26.6 Å². The molecule has 2 aromatic rings. The summed E-state index contributed by atoms with van der Waals surface area (Å²) in [5.41, 5.74) is 8.28. The van der Waals surface area contributed by atoms with Crippen LogP contribution in [0.3, 0.4) is 0 Å². The van der Waals surface area contributed by atoms with Crippen molar-refractivity contribution in [2.24, 2.45) is 5.73 Å². The highest BCUT2D eigenvalue weighted by molar-refractivity contribution is 5.14. The second kappa shape index (κ2) is 7.07. The molecule has 0 amide bonds. The van der Waals surface area contributed by atoms with Gasteiger partial charge in [0.15, 0.2) is 0 Å². The molecular weight excluding hydrogens is 236 g/mol. The Bertz CT molecular complexity index is 478. The topological polar surface area (TPSA) is 47.1 Å². The molecule has 2 rings (SSSR count). The largest absolute Gasteiger partial charge is 0.334 e. The molecule has 4 nitrogen and oxygen atoms in total. The summed E-state index contributed by atoms with van der Waals surface area (Å²) in [5, 5.41) is 0. The molecule has 0 aliphatic carbocycles. The standard InChI is InChI=1S/C15H22N4/c1-2-19-13-17-10-15(19)12-18(9-8-16)11-14-6-4-3-5-7-14/h3-7,10,13H,2,8-9,11-12,16H2,1H3. The fourth-order valence-corrected chi connectivity index (χ4v) is 2.23. The van der Waals surface area contributed by atoms with E-state index < -0.39 is 0 Å². The molecule has 19 heavy (non-hydrogen) atoms. The van der Waals surface area contributed by atoms with E-state index in [1.54, 1.807) is 0 Å². The number of nitrogens with zero attached hydrogens (tertiary/aromatic N) is 3. The fraction of sp³-hybridized carbons (Fsp3) is 0.400. The molecule has 1 heterocycles. The van der Waals surface area contributed by atoms with Gasteiger partial charge in [-0.2, -0.15) is 0 Å². The molecule has 102 valence electrons. The first-order valence-corrected chi connectivity index (χ1v) is 6.78. The lowest BCUT2D eigenvalue weighted by atomic mass is 10.2. The molecule has 0 spiro atoms. The first-order chi connectivity index (χ1) is 9.33. The highest BCUT2D eigenvalue weighted by Crippen LogP contribution is 2.09. The Kier molecular flexibility index (Phi) is 5.12. The van der Waals surface area contributed by atoms with Crippen LogP contribution >= 0.6 is 0 Å². The van der Waals surface area contributed by atoms with Crippen molar-refractivity contribution in [1.29, 1.82) is 0 Å². The molecule has 0 atom stereocenters. The Hall–Kier alpha value is -1.65. The number of nitrogens with two attached hydrogens (primary N) is 1. The van der Waals surface area contributed by atoms with Gasteiger partial charge in [-0.1, -0.05) is 30.3 Å². The van der Waals surface area contributed by atoms with Crippen LogP contribution in [0, 0.1) is 0 Å². The van der Waals surface area contributed by atoms with Gasteiger partial charge in [-0.25, -0.2) is 4.98 Å². The van der Waals surface area contributed by atoms with E-state index in [0.29, 0.717) is 6.54 Å². The zero-order chi connectivity index (χ0) is 13.5. The van der Waals surface area contributed by atoms with Gasteiger partial charge >= 0.3 is 0 Å². The van der Waals surface area contributed by atoms with Crippen LogP contribution < -0.4 is 5.73 Å². The normalized spacial score (nSPS) is 11.1. The molecule has 0 aliphatic heterocycles. The number of rotatable bonds is 7. The van der Waals surface area contributed by atoms with E-state index in [4.69, 9.17) is 5.73 Å². The second-order valence-corrected chi connectivity index (χ2v) is 4.66. The van der Waals surface area contributed by atoms with Gasteiger partial charge < -0.3 is 10.3 Å². The van der Waals surface area contributed by atoms with Gasteiger partial charge in [0.1, 0.15) is 0 Å². The Labute approximate surface area is 114 Å². The summed E-state index contributed by atoms with van der Waals surface area (Å²) in [6.45, 7) is 6.47. The monoisotopic (exact) mass is 258 g/mol. The van der Waals surface area contributed by atoms with Crippen LogP contribution in [0.15, 0.2) is 42.9 Å². The number of benzene rings is 1. The maximum absolute atomic E-state index is 5.72. The molecular formula is C15H22N4. The number of hydrogen-bond acceptors (Lipinski definition) is 3. The van der Waals surface area contributed by atoms with Crippen LogP contribution in [0.4, 0.5) is 0 Å². The number of aromatic nitrogens is 2. The molecule has 0 fully saturated rings. The lowest BCUT2D eigenvalue weighted by Gasteiger charge is -2.22. The first kappa shape index (κ1) is 13.8. The molecule has 0 saturated carbocycles. The van der Waals surface area contributed by atoms with Gasteiger partial charge in [0.25, 0.3) is 0 Å². The summed E-state index contributed by atoms with van der Waals surface area (Å²) in [6.07, 6.45) is 3.83. The maximum Gasteiger partial charge on any atom is 0.0948 e. The van der Waals surface area contributed by atoms with Crippen molar-refractivity contribution in [2.75, 3.05) is 13.1 Å². The molecule has 0 unspecified atom stereocenters. The molecule has 0 saturated heterocycles. The third kappa shape index (κ3) is 3.91. The molecule has 0 aliphatic rings. The highest BCUT2D eigenvalue weighted by Gasteiger charge is 2.09. The van der Waals surface area contributed by atoms with Gasteiger partial charge in [0, 0.05) is 38.9 Å². The molecule has 1 aromatic heterocycles. The Morgan fingerprint density at radius 2 is 2.00 bits per heavy atom. The van der Waals surface area contributed by atoms with E-state index >= 15 is 0 Å². The fourth-order valence-electron chi connectivity index (χ4n) is 2.23. The van der Waals surface area contributed by atoms with E-state index in [9.17, 15) is 0 Å². The zero-order valence-electron chi connectivity index (χ0n) is 11.5. The summed E-state index contributed by atoms with van der Waals surface area (Å²) < 4.78 is 2.18. The Morgan fingerprint density at radius 3 is 2.68 bits per heavy atom. The van der Waals surface area contributed by atoms with Gasteiger partial charge in [-0.05, 0) is 12.5 Å². The Morgan fingerprint density at radius 1 is 1.21 bits per heavy atom. The number of imidazole rings is 1. The summed E-state index contributed by atoms with van der Waals surface area (Å²) in [4.78, 5) is 6.58. The van der Waals surface area contributed by atoms with Crippen LogP contribution in [-0.2, 0) is 19.6 Å². The van der Waals surface area contributed by atoms with Crippen molar-refractivity contribution >= 4 is 0 Å². The first-order valence-electron chi connectivity index (χ1n) is 6.78. The summed E-state index contributed by atoms with van der Waals surface area (Å²) in [6, 6.07) is 10.5. The third-order valence-corrected chi connectivity index (χ3v) is 3.22. The molecule has 1 aromatic carbocycles. The van der Waals surface area contributed by atoms with Crippen molar-refractivity contribution < 1.29 is 0 Å². The van der Waals surface area contributed by atoms with Gasteiger partial charge in [0.05, 0.1) is 12.0 Å². The average Bonchev–Trinajstić information content (AvgIpc) is 2.87. The average molecular weight is 258 g/mol. The third-order valence-electron chi connectivity index (χ3n) is 3.22. The minimum atomic E-state index is 0.674. The SMILES string of the molecule is CCn1cncc1CN(CCN)Cc1ccccc1. The predicted molar refractivity (Wildman–Crippen MR) is 77.5 cm³/mol. The summed E-state index contributed by atoms with van der Waals surface area (Å²) in [7, 11) is 0. The maximum atomic E-state index is 5.72. The smallest absolute Gasteiger partial charge is 0.0948 e. The van der Waals surface area contributed by atoms with Crippen LogP contribution in [0.1, 0.15) is 18.2 Å². The number of aryl methyl sites for hydroxylation is 1. The van der Waals surface area contributed by atoms with E-state index in [1.165, 1.54) is 11.3 Å². The van der Waals surface area contributed by atoms with Gasteiger partial charge in [-0.3, -0.25) is 4.90 Å². The Balaban J connectivity index is 2.04. The lowest BCUT2D eigenvalue weighted by molar-refractivity contribution is 0.257. The van der Waals surface area contributed by atoms with Crippen LogP contribution in [0.5, 0.6) is 0 Å². The second-order valence-electron chi connectivity index (χ2n) is 4.66. The number of hydrogen-bond donors (Lipinski definition) is 1. The van der Waals surface area contributed by atoms with E-state index in [2.05, 4.69) is 45.6 Å². The molecule has 2 N–H and O–H groups in total. The quantitative estimate of drug-likeness (QED) is 0.824. The van der Waals surface area contributed by atoms with Crippen LogP contribution in [-0.4, -0.2) is 27.5 Å². The van der Waals surface area contributed by atoms with Crippen LogP contribution in [0.2, 0.25) is 0 Å². The van der Waals surface area contributed by atoms with Crippen molar-refractivity contribution in [3.8, 4) is 0 Å². The van der Waals surface area contributed by atoms with Crippen molar-refractivity contribution in [3.63, 3.8) is 0 Å². The highest BCUT2D eigenvalue weighted by atomic mass is 15.2. The molecule has 0 bridgehead atoms. The van der Waals surface area contributed by atoms with E-state index in [-0.39, 0.29) is 0 Å². The summed E-state index contributed by atoms with van der Waals surface area (Å²) in [5.74, 6) is 0. The lowest BCUT2D eigenvalue weighted by Crippen LogP contribution is -2.29. The molecule has 0 radical (unpaired) electrons. The zero-order valence-corrected chi connectivity index (χ0v) is 11.5.